The van der Waals surface area contributed by atoms with E-state index >= 15 is 0 Å². The Labute approximate surface area is 94.6 Å². The molecule has 0 unspecified atom stereocenters. The predicted octanol–water partition coefficient (Wildman–Crippen LogP) is 2.34. The van der Waals surface area contributed by atoms with Gasteiger partial charge in [0.2, 0.25) is 5.91 Å². The van der Waals surface area contributed by atoms with Crippen molar-refractivity contribution >= 4 is 17.5 Å². The Hall–Kier alpha value is -1.02. The lowest BCUT2D eigenvalue weighted by Gasteiger charge is -2.17. The third kappa shape index (κ3) is 2.15. The van der Waals surface area contributed by atoms with Crippen LogP contribution in [0.4, 0.5) is 0 Å². The van der Waals surface area contributed by atoms with Crippen molar-refractivity contribution in [1.29, 1.82) is 0 Å². The zero-order valence-electron chi connectivity index (χ0n) is 8.72. The lowest BCUT2D eigenvalue weighted by atomic mass is 10.0. The molecular formula is C12H14ClNO. The molecule has 15 heavy (non-hydrogen) atoms. The number of nitrogens with one attached hydrogen (secondary N) is 1. The minimum atomic E-state index is -0.125. The highest BCUT2D eigenvalue weighted by molar-refractivity contribution is 6.27. The summed E-state index contributed by atoms with van der Waals surface area (Å²) in [7, 11) is 0. The standard InChI is InChI=1S/C12H14ClNO/c1-9-2-4-10(5-3-9)12(6-7-12)14-11(15)8-13/h2-5H,6-8H2,1H3,(H,14,15). The Balaban J connectivity index is 2.16. The van der Waals surface area contributed by atoms with Crippen LogP contribution in [0.3, 0.4) is 0 Å². The van der Waals surface area contributed by atoms with Crippen LogP contribution in [0, 0.1) is 6.92 Å². The normalized spacial score (nSPS) is 17.2. The van der Waals surface area contributed by atoms with Crippen molar-refractivity contribution in [1.82, 2.24) is 5.32 Å². The Morgan fingerprint density at radius 2 is 2.00 bits per heavy atom. The summed E-state index contributed by atoms with van der Waals surface area (Å²) in [6.45, 7) is 2.06. The zero-order chi connectivity index (χ0) is 10.9. The third-order valence-corrected chi connectivity index (χ3v) is 3.10. The molecule has 0 radical (unpaired) electrons. The van der Waals surface area contributed by atoms with E-state index in [4.69, 9.17) is 11.6 Å². The molecule has 2 nitrogen and oxygen atoms in total. The molecule has 0 spiro atoms. The SMILES string of the molecule is Cc1ccc(C2(NC(=O)CCl)CC2)cc1. The molecule has 1 aromatic carbocycles. The Bertz CT molecular complexity index is 368. The van der Waals surface area contributed by atoms with E-state index in [1.54, 1.807) is 0 Å². The van der Waals surface area contributed by atoms with Gasteiger partial charge < -0.3 is 5.32 Å². The van der Waals surface area contributed by atoms with Gasteiger partial charge in [0.1, 0.15) is 5.88 Å². The molecule has 1 fully saturated rings. The maximum atomic E-state index is 11.3. The lowest BCUT2D eigenvalue weighted by Crippen LogP contribution is -2.35. The highest BCUT2D eigenvalue weighted by atomic mass is 35.5. The summed E-state index contributed by atoms with van der Waals surface area (Å²) < 4.78 is 0. The van der Waals surface area contributed by atoms with Crippen LogP contribution in [0.25, 0.3) is 0 Å². The van der Waals surface area contributed by atoms with Gasteiger partial charge >= 0.3 is 0 Å². The quantitative estimate of drug-likeness (QED) is 0.784. The van der Waals surface area contributed by atoms with E-state index in [0.717, 1.165) is 12.8 Å². The maximum absolute atomic E-state index is 11.3. The summed E-state index contributed by atoms with van der Waals surface area (Å²) >= 11 is 5.49. The van der Waals surface area contributed by atoms with Crippen LogP contribution >= 0.6 is 11.6 Å². The monoisotopic (exact) mass is 223 g/mol. The van der Waals surface area contributed by atoms with Gasteiger partial charge in [0.15, 0.2) is 0 Å². The highest BCUT2D eigenvalue weighted by Crippen LogP contribution is 2.45. The van der Waals surface area contributed by atoms with Crippen molar-refractivity contribution in [3.05, 3.63) is 35.4 Å². The topological polar surface area (TPSA) is 29.1 Å². The molecule has 1 amide bonds. The largest absolute Gasteiger partial charge is 0.346 e. The number of halogens is 1. The molecule has 0 saturated heterocycles. The number of benzene rings is 1. The molecule has 0 bridgehead atoms. The summed E-state index contributed by atoms with van der Waals surface area (Å²) in [5.41, 5.74) is 2.30. The molecule has 1 aliphatic carbocycles. The van der Waals surface area contributed by atoms with Crippen LogP contribution in [0.15, 0.2) is 24.3 Å². The molecule has 1 N–H and O–H groups in total. The van der Waals surface area contributed by atoms with E-state index in [-0.39, 0.29) is 17.3 Å². The average molecular weight is 224 g/mol. The molecular weight excluding hydrogens is 210 g/mol. The number of hydrogen-bond donors (Lipinski definition) is 1. The first-order valence-electron chi connectivity index (χ1n) is 5.10. The molecule has 3 heteroatoms. The number of amides is 1. The van der Waals surface area contributed by atoms with Gasteiger partial charge in [-0.2, -0.15) is 0 Å². The molecule has 0 atom stereocenters. The van der Waals surface area contributed by atoms with Gasteiger partial charge in [-0.1, -0.05) is 29.8 Å². The molecule has 2 rings (SSSR count). The van der Waals surface area contributed by atoms with Crippen LogP contribution in [0.5, 0.6) is 0 Å². The summed E-state index contributed by atoms with van der Waals surface area (Å²) in [6.07, 6.45) is 2.03. The van der Waals surface area contributed by atoms with Crippen LogP contribution in [-0.4, -0.2) is 11.8 Å². The zero-order valence-corrected chi connectivity index (χ0v) is 9.47. The van der Waals surface area contributed by atoms with Gasteiger partial charge in [-0.3, -0.25) is 4.79 Å². The van der Waals surface area contributed by atoms with E-state index in [1.165, 1.54) is 11.1 Å². The van der Waals surface area contributed by atoms with Crippen LogP contribution in [0.1, 0.15) is 24.0 Å². The van der Waals surface area contributed by atoms with Gasteiger partial charge in [0, 0.05) is 0 Å². The second-order valence-corrected chi connectivity index (χ2v) is 4.40. The number of alkyl halides is 1. The number of hydrogen-bond acceptors (Lipinski definition) is 1. The van der Waals surface area contributed by atoms with Crippen molar-refractivity contribution in [3.8, 4) is 0 Å². The highest BCUT2D eigenvalue weighted by Gasteiger charge is 2.45. The first-order valence-corrected chi connectivity index (χ1v) is 5.64. The van der Waals surface area contributed by atoms with Gasteiger partial charge in [-0.25, -0.2) is 0 Å². The summed E-state index contributed by atoms with van der Waals surface area (Å²) in [5, 5.41) is 2.98. The Morgan fingerprint density at radius 1 is 1.40 bits per heavy atom. The molecule has 0 aliphatic heterocycles. The van der Waals surface area contributed by atoms with Crippen molar-refractivity contribution in [2.24, 2.45) is 0 Å². The summed E-state index contributed by atoms with van der Waals surface area (Å²) in [5.74, 6) is -0.0529. The molecule has 0 heterocycles. The average Bonchev–Trinajstić information content (AvgIpc) is 3.00. The Kier molecular flexibility index (Phi) is 2.70. The van der Waals surface area contributed by atoms with Crippen LogP contribution in [0.2, 0.25) is 0 Å². The molecule has 1 saturated carbocycles. The second kappa shape index (κ2) is 3.86. The van der Waals surface area contributed by atoms with Crippen LogP contribution in [-0.2, 0) is 10.3 Å². The van der Waals surface area contributed by atoms with Crippen molar-refractivity contribution in [2.75, 3.05) is 5.88 Å². The smallest absolute Gasteiger partial charge is 0.235 e. The Morgan fingerprint density at radius 3 is 2.47 bits per heavy atom. The van der Waals surface area contributed by atoms with Crippen molar-refractivity contribution in [3.63, 3.8) is 0 Å². The van der Waals surface area contributed by atoms with Crippen molar-refractivity contribution in [2.45, 2.75) is 25.3 Å². The maximum Gasteiger partial charge on any atom is 0.235 e. The number of carbonyl (C=O) groups is 1. The van der Waals surface area contributed by atoms with Gasteiger partial charge in [0.05, 0.1) is 5.54 Å². The van der Waals surface area contributed by atoms with Gasteiger partial charge in [-0.15, -0.1) is 11.6 Å². The number of aryl methyl sites for hydroxylation is 1. The lowest BCUT2D eigenvalue weighted by molar-refractivity contribution is -0.119. The van der Waals surface area contributed by atoms with E-state index in [2.05, 4.69) is 36.5 Å². The second-order valence-electron chi connectivity index (χ2n) is 4.13. The van der Waals surface area contributed by atoms with Gasteiger partial charge in [-0.05, 0) is 25.3 Å². The van der Waals surface area contributed by atoms with Gasteiger partial charge in [0.25, 0.3) is 0 Å². The fraction of sp³-hybridized carbons (Fsp3) is 0.417. The predicted molar refractivity (Wildman–Crippen MR) is 61.0 cm³/mol. The molecule has 80 valence electrons. The first-order chi connectivity index (χ1) is 7.16. The van der Waals surface area contributed by atoms with E-state index < -0.39 is 0 Å². The fourth-order valence-corrected chi connectivity index (χ4v) is 1.85. The van der Waals surface area contributed by atoms with E-state index in [1.807, 2.05) is 0 Å². The fourth-order valence-electron chi connectivity index (χ4n) is 1.78. The van der Waals surface area contributed by atoms with E-state index in [9.17, 15) is 4.79 Å². The summed E-state index contributed by atoms with van der Waals surface area (Å²) in [4.78, 5) is 11.3. The third-order valence-electron chi connectivity index (χ3n) is 2.85. The minimum Gasteiger partial charge on any atom is -0.346 e. The molecule has 1 aromatic rings. The van der Waals surface area contributed by atoms with Crippen molar-refractivity contribution < 1.29 is 4.79 Å². The number of carbonyl (C=O) groups excluding carboxylic acids is 1. The summed E-state index contributed by atoms with van der Waals surface area (Å²) in [6, 6.07) is 8.30. The molecule has 0 aromatic heterocycles. The van der Waals surface area contributed by atoms with Crippen LogP contribution < -0.4 is 5.32 Å². The van der Waals surface area contributed by atoms with E-state index in [0.29, 0.717) is 0 Å². The minimum absolute atomic E-state index is 0.0353. The first kappa shape index (κ1) is 10.5. The molecule has 1 aliphatic rings. The number of rotatable bonds is 3.